The summed E-state index contributed by atoms with van der Waals surface area (Å²) in [6.45, 7) is 0.858. The molecule has 0 aromatic rings. The average Bonchev–Trinajstić information content (AvgIpc) is 2.17. The third-order valence-corrected chi connectivity index (χ3v) is 1.88. The lowest BCUT2D eigenvalue weighted by molar-refractivity contribution is -0.140. The molecule has 0 fully saturated rings. The van der Waals surface area contributed by atoms with Crippen LogP contribution >= 0.6 is 0 Å². The van der Waals surface area contributed by atoms with E-state index in [4.69, 9.17) is 9.47 Å². The fourth-order valence-corrected chi connectivity index (χ4v) is 1.14. The minimum Gasteiger partial charge on any atom is -0.463 e. The molecule has 0 radical (unpaired) electrons. The van der Waals surface area contributed by atoms with Crippen molar-refractivity contribution in [1.82, 2.24) is 0 Å². The monoisotopic (exact) mass is 198 g/mol. The normalized spacial score (nSPS) is 20.3. The first-order chi connectivity index (χ1) is 6.79. The van der Waals surface area contributed by atoms with Crippen molar-refractivity contribution in [3.8, 4) is 0 Å². The van der Waals surface area contributed by atoms with Gasteiger partial charge in [0.25, 0.3) is 0 Å². The van der Waals surface area contributed by atoms with E-state index in [0.29, 0.717) is 13.2 Å². The largest absolute Gasteiger partial charge is 0.463 e. The first kappa shape index (κ1) is 10.8. The number of esters is 2. The van der Waals surface area contributed by atoms with E-state index in [0.717, 1.165) is 37.8 Å². The number of carbonyl (C=O) groups excluding carboxylic acids is 2. The van der Waals surface area contributed by atoms with Gasteiger partial charge < -0.3 is 9.47 Å². The highest BCUT2D eigenvalue weighted by atomic mass is 16.5. The minimum atomic E-state index is -0.484. The molecule has 1 rings (SSSR count). The molecule has 0 aliphatic carbocycles. The molecule has 0 spiro atoms. The van der Waals surface area contributed by atoms with E-state index in [9.17, 15) is 9.59 Å². The van der Waals surface area contributed by atoms with Crippen molar-refractivity contribution in [2.75, 3.05) is 13.2 Å². The van der Waals surface area contributed by atoms with Crippen LogP contribution in [0, 0.1) is 0 Å². The van der Waals surface area contributed by atoms with Gasteiger partial charge >= 0.3 is 11.9 Å². The molecular weight excluding hydrogens is 184 g/mol. The second-order valence-corrected chi connectivity index (χ2v) is 3.08. The Balaban J connectivity index is 2.42. The molecular formula is C10H14O4. The molecule has 4 nitrogen and oxygen atoms in total. The van der Waals surface area contributed by atoms with Crippen molar-refractivity contribution in [1.29, 1.82) is 0 Å². The van der Waals surface area contributed by atoms with Crippen molar-refractivity contribution in [3.63, 3.8) is 0 Å². The smallest absolute Gasteiger partial charge is 0.331 e. The number of rotatable bonds is 0. The van der Waals surface area contributed by atoms with Gasteiger partial charge in [-0.15, -0.1) is 0 Å². The van der Waals surface area contributed by atoms with E-state index >= 15 is 0 Å². The standard InChI is InChI=1S/C10H14O4/c11-9-5-6-10(12)14-8-4-2-1-3-7-13-9/h5-6H,1-4,7-8H2. The van der Waals surface area contributed by atoms with Gasteiger partial charge in [-0.25, -0.2) is 9.59 Å². The van der Waals surface area contributed by atoms with Crippen LogP contribution in [-0.2, 0) is 19.1 Å². The van der Waals surface area contributed by atoms with Crippen LogP contribution in [0.25, 0.3) is 0 Å². The second-order valence-electron chi connectivity index (χ2n) is 3.08. The average molecular weight is 198 g/mol. The van der Waals surface area contributed by atoms with Crippen LogP contribution in [0.5, 0.6) is 0 Å². The maximum atomic E-state index is 10.9. The molecule has 14 heavy (non-hydrogen) atoms. The quantitative estimate of drug-likeness (QED) is 0.549. The first-order valence-electron chi connectivity index (χ1n) is 4.80. The number of ether oxygens (including phenoxy) is 2. The van der Waals surface area contributed by atoms with Gasteiger partial charge in [-0.3, -0.25) is 0 Å². The second kappa shape index (κ2) is 6.18. The van der Waals surface area contributed by atoms with Gasteiger partial charge in [0, 0.05) is 12.2 Å². The summed E-state index contributed by atoms with van der Waals surface area (Å²) in [5, 5.41) is 0. The lowest BCUT2D eigenvalue weighted by Crippen LogP contribution is -2.07. The predicted octanol–water partition coefficient (Wildman–Crippen LogP) is 1.20. The minimum absolute atomic E-state index is 0.429. The van der Waals surface area contributed by atoms with Crippen molar-refractivity contribution < 1.29 is 19.1 Å². The topological polar surface area (TPSA) is 52.6 Å². The Bertz CT molecular complexity index is 208. The van der Waals surface area contributed by atoms with Crippen molar-refractivity contribution in [2.24, 2.45) is 0 Å². The highest BCUT2D eigenvalue weighted by Crippen LogP contribution is 2.02. The summed E-state index contributed by atoms with van der Waals surface area (Å²) >= 11 is 0. The molecule has 0 saturated carbocycles. The summed E-state index contributed by atoms with van der Waals surface area (Å²) in [4.78, 5) is 21.9. The molecule has 0 bridgehead atoms. The van der Waals surface area contributed by atoms with Gasteiger partial charge in [0.15, 0.2) is 0 Å². The Labute approximate surface area is 82.9 Å². The third-order valence-electron chi connectivity index (χ3n) is 1.88. The molecule has 78 valence electrons. The maximum Gasteiger partial charge on any atom is 0.331 e. The molecule has 1 aliphatic heterocycles. The van der Waals surface area contributed by atoms with E-state index in [-0.39, 0.29) is 0 Å². The van der Waals surface area contributed by atoms with Gasteiger partial charge in [0.1, 0.15) is 0 Å². The Morgan fingerprint density at radius 3 is 1.64 bits per heavy atom. The predicted molar refractivity (Wildman–Crippen MR) is 49.5 cm³/mol. The van der Waals surface area contributed by atoms with Crippen LogP contribution in [0.4, 0.5) is 0 Å². The van der Waals surface area contributed by atoms with Crippen molar-refractivity contribution in [3.05, 3.63) is 12.2 Å². The van der Waals surface area contributed by atoms with E-state index < -0.39 is 11.9 Å². The summed E-state index contributed by atoms with van der Waals surface area (Å²) in [6.07, 6.45) is 5.93. The third kappa shape index (κ3) is 4.64. The van der Waals surface area contributed by atoms with Crippen LogP contribution in [0.1, 0.15) is 25.7 Å². The Hall–Kier alpha value is -1.32. The number of hydrogen-bond donors (Lipinski definition) is 0. The fraction of sp³-hybridized carbons (Fsp3) is 0.600. The molecule has 0 atom stereocenters. The van der Waals surface area contributed by atoms with Gasteiger partial charge in [-0.2, -0.15) is 0 Å². The highest BCUT2D eigenvalue weighted by Gasteiger charge is 2.02. The van der Waals surface area contributed by atoms with Crippen LogP contribution in [-0.4, -0.2) is 25.2 Å². The van der Waals surface area contributed by atoms with Crippen LogP contribution < -0.4 is 0 Å². The molecule has 0 aromatic heterocycles. The molecule has 1 heterocycles. The van der Waals surface area contributed by atoms with Gasteiger partial charge in [-0.1, -0.05) is 0 Å². The van der Waals surface area contributed by atoms with Crippen molar-refractivity contribution >= 4 is 11.9 Å². The number of hydrogen-bond acceptors (Lipinski definition) is 4. The Morgan fingerprint density at radius 2 is 1.21 bits per heavy atom. The Kier molecular flexibility index (Phi) is 4.75. The summed E-state index contributed by atoms with van der Waals surface area (Å²) < 4.78 is 9.66. The molecule has 0 saturated heterocycles. The van der Waals surface area contributed by atoms with Crippen LogP contribution in [0.2, 0.25) is 0 Å². The SMILES string of the molecule is O=C1C=CC(=O)OCCCCCCO1. The maximum absolute atomic E-state index is 10.9. The first-order valence-corrected chi connectivity index (χ1v) is 4.80. The lowest BCUT2D eigenvalue weighted by atomic mass is 10.2. The van der Waals surface area contributed by atoms with E-state index in [1.807, 2.05) is 0 Å². The summed E-state index contributed by atoms with van der Waals surface area (Å²) in [5.41, 5.74) is 0. The van der Waals surface area contributed by atoms with Crippen LogP contribution in [0.3, 0.4) is 0 Å². The lowest BCUT2D eigenvalue weighted by Gasteiger charge is -2.05. The summed E-state index contributed by atoms with van der Waals surface area (Å²) in [7, 11) is 0. The zero-order chi connectivity index (χ0) is 10.2. The van der Waals surface area contributed by atoms with Crippen molar-refractivity contribution in [2.45, 2.75) is 25.7 Å². The number of carbonyl (C=O) groups is 2. The van der Waals surface area contributed by atoms with E-state index in [2.05, 4.69) is 0 Å². The molecule has 0 unspecified atom stereocenters. The van der Waals surface area contributed by atoms with Crippen LogP contribution in [0.15, 0.2) is 12.2 Å². The zero-order valence-corrected chi connectivity index (χ0v) is 8.03. The number of cyclic esters (lactones) is 2. The molecule has 0 amide bonds. The highest BCUT2D eigenvalue weighted by molar-refractivity contribution is 5.91. The van der Waals surface area contributed by atoms with Gasteiger partial charge in [-0.05, 0) is 25.7 Å². The van der Waals surface area contributed by atoms with E-state index in [1.165, 1.54) is 0 Å². The molecule has 0 N–H and O–H groups in total. The fourth-order valence-electron chi connectivity index (χ4n) is 1.14. The molecule has 1 aliphatic rings. The molecule has 0 aromatic carbocycles. The summed E-state index contributed by atoms with van der Waals surface area (Å²) in [6, 6.07) is 0. The zero-order valence-electron chi connectivity index (χ0n) is 8.03. The molecule has 4 heteroatoms. The van der Waals surface area contributed by atoms with Gasteiger partial charge in [0.05, 0.1) is 13.2 Å². The Morgan fingerprint density at radius 1 is 0.786 bits per heavy atom. The van der Waals surface area contributed by atoms with E-state index in [1.54, 1.807) is 0 Å². The van der Waals surface area contributed by atoms with Gasteiger partial charge in [0.2, 0.25) is 0 Å². The summed E-state index contributed by atoms with van der Waals surface area (Å²) in [5.74, 6) is -0.968.